The van der Waals surface area contributed by atoms with E-state index >= 15 is 0 Å². The molecule has 0 unspecified atom stereocenters. The van der Waals surface area contributed by atoms with E-state index in [-0.39, 0.29) is 5.97 Å². The van der Waals surface area contributed by atoms with Crippen LogP contribution in [0, 0.1) is 0 Å². The van der Waals surface area contributed by atoms with E-state index < -0.39 is 0 Å². The number of nitrogens with one attached hydrogen (secondary N) is 1. The van der Waals surface area contributed by atoms with Crippen LogP contribution >= 0.6 is 11.3 Å². The number of esters is 1. The third kappa shape index (κ3) is 4.44. The molecule has 0 aliphatic heterocycles. The van der Waals surface area contributed by atoms with Crippen LogP contribution in [-0.2, 0) is 22.5 Å². The molecule has 1 N–H and O–H groups in total. The summed E-state index contributed by atoms with van der Waals surface area (Å²) >= 11 is 1.66. The second kappa shape index (κ2) is 5.88. The van der Waals surface area contributed by atoms with Crippen molar-refractivity contribution in [3.8, 4) is 0 Å². The van der Waals surface area contributed by atoms with Gasteiger partial charge < -0.3 is 10.1 Å². The van der Waals surface area contributed by atoms with E-state index in [0.717, 1.165) is 11.4 Å². The molecule has 0 radical (unpaired) electrons. The van der Waals surface area contributed by atoms with E-state index in [9.17, 15) is 4.79 Å². The first-order valence-electron chi connectivity index (χ1n) is 4.99. The van der Waals surface area contributed by atoms with Crippen molar-refractivity contribution in [3.63, 3.8) is 0 Å². The lowest BCUT2D eigenvalue weighted by Crippen LogP contribution is -2.21. The average Bonchev–Trinajstić information content (AvgIpc) is 2.62. The van der Waals surface area contributed by atoms with Crippen LogP contribution in [0.1, 0.15) is 23.6 Å². The van der Waals surface area contributed by atoms with Gasteiger partial charge in [0.25, 0.3) is 0 Å². The van der Waals surface area contributed by atoms with Crippen LogP contribution in [0.4, 0.5) is 0 Å². The molecular weight excluding hydrogens is 210 g/mol. The van der Waals surface area contributed by atoms with E-state index in [0.29, 0.717) is 12.5 Å². The molecule has 1 heterocycles. The Bertz CT molecular complexity index is 320. The zero-order chi connectivity index (χ0) is 11.3. The summed E-state index contributed by atoms with van der Waals surface area (Å²) in [5.74, 6) is -0.180. The quantitative estimate of drug-likeness (QED) is 0.781. The molecule has 3 nitrogen and oxygen atoms in total. The van der Waals surface area contributed by atoms with Gasteiger partial charge in [0.15, 0.2) is 0 Å². The second-order valence-corrected chi connectivity index (χ2v) is 4.91. The van der Waals surface area contributed by atoms with Gasteiger partial charge in [0.05, 0.1) is 13.5 Å². The molecular formula is C11H17NO2S. The van der Waals surface area contributed by atoms with Gasteiger partial charge in [0.2, 0.25) is 0 Å². The molecule has 84 valence electrons. The van der Waals surface area contributed by atoms with Crippen LogP contribution in [0.2, 0.25) is 0 Å². The minimum Gasteiger partial charge on any atom is -0.469 e. The molecule has 1 rings (SSSR count). The summed E-state index contributed by atoms with van der Waals surface area (Å²) < 4.78 is 4.61. The minimum absolute atomic E-state index is 0.180. The molecule has 0 saturated heterocycles. The Labute approximate surface area is 94.5 Å². The molecule has 0 amide bonds. The number of rotatable bonds is 5. The highest BCUT2D eigenvalue weighted by Crippen LogP contribution is 2.17. The molecule has 4 heteroatoms. The first-order chi connectivity index (χ1) is 7.11. The summed E-state index contributed by atoms with van der Waals surface area (Å²) in [4.78, 5) is 13.3. The van der Waals surface area contributed by atoms with Crippen molar-refractivity contribution in [3.05, 3.63) is 21.9 Å². The smallest absolute Gasteiger partial charge is 0.310 e. The Kier molecular flexibility index (Phi) is 4.78. The molecule has 1 aromatic rings. The summed E-state index contributed by atoms with van der Waals surface area (Å²) in [5.41, 5.74) is 0. The third-order valence-corrected chi connectivity index (χ3v) is 3.03. The van der Waals surface area contributed by atoms with Crippen LogP contribution in [0.15, 0.2) is 12.1 Å². The van der Waals surface area contributed by atoms with Crippen LogP contribution in [0.25, 0.3) is 0 Å². The molecule has 0 fully saturated rings. The van der Waals surface area contributed by atoms with Crippen LogP contribution in [0.5, 0.6) is 0 Å². The van der Waals surface area contributed by atoms with Crippen molar-refractivity contribution in [1.82, 2.24) is 5.32 Å². The first kappa shape index (κ1) is 12.2. The number of carbonyl (C=O) groups excluding carboxylic acids is 1. The van der Waals surface area contributed by atoms with E-state index in [2.05, 4.69) is 30.0 Å². The highest BCUT2D eigenvalue weighted by atomic mass is 32.1. The summed E-state index contributed by atoms with van der Waals surface area (Å²) in [6, 6.07) is 4.52. The zero-order valence-corrected chi connectivity index (χ0v) is 10.2. The Morgan fingerprint density at radius 3 is 2.73 bits per heavy atom. The van der Waals surface area contributed by atoms with Gasteiger partial charge in [-0.3, -0.25) is 4.79 Å². The van der Waals surface area contributed by atoms with Gasteiger partial charge in [-0.05, 0) is 12.1 Å². The van der Waals surface area contributed by atoms with Gasteiger partial charge in [-0.1, -0.05) is 13.8 Å². The van der Waals surface area contributed by atoms with Gasteiger partial charge in [0, 0.05) is 22.3 Å². The maximum atomic E-state index is 11.0. The van der Waals surface area contributed by atoms with Gasteiger partial charge in [-0.15, -0.1) is 11.3 Å². The van der Waals surface area contributed by atoms with Crippen molar-refractivity contribution in [2.24, 2.45) is 0 Å². The SMILES string of the molecule is COC(=O)Cc1ccc(CNC(C)C)s1. The summed E-state index contributed by atoms with van der Waals surface area (Å²) in [5, 5.41) is 3.34. The maximum Gasteiger partial charge on any atom is 0.310 e. The van der Waals surface area contributed by atoms with Gasteiger partial charge in [-0.2, -0.15) is 0 Å². The molecule has 0 aliphatic carbocycles. The Hall–Kier alpha value is -0.870. The Morgan fingerprint density at radius 1 is 1.47 bits per heavy atom. The normalized spacial score (nSPS) is 10.7. The van der Waals surface area contributed by atoms with Gasteiger partial charge >= 0.3 is 5.97 Å². The Morgan fingerprint density at radius 2 is 2.13 bits per heavy atom. The molecule has 0 aromatic carbocycles. The van der Waals surface area contributed by atoms with E-state index in [1.165, 1.54) is 12.0 Å². The minimum atomic E-state index is -0.180. The number of hydrogen-bond donors (Lipinski definition) is 1. The largest absolute Gasteiger partial charge is 0.469 e. The van der Waals surface area contributed by atoms with Crippen LogP contribution < -0.4 is 5.32 Å². The van der Waals surface area contributed by atoms with Crippen molar-refractivity contribution in [2.75, 3.05) is 7.11 Å². The number of methoxy groups -OCH3 is 1. The zero-order valence-electron chi connectivity index (χ0n) is 9.37. The highest BCUT2D eigenvalue weighted by molar-refractivity contribution is 7.12. The maximum absolute atomic E-state index is 11.0. The lowest BCUT2D eigenvalue weighted by Gasteiger charge is -2.05. The van der Waals surface area contributed by atoms with E-state index in [1.54, 1.807) is 11.3 Å². The predicted octanol–water partition coefficient (Wildman–Crippen LogP) is 1.96. The molecule has 0 spiro atoms. The lowest BCUT2D eigenvalue weighted by atomic mass is 10.3. The molecule has 0 aliphatic rings. The number of ether oxygens (including phenoxy) is 1. The summed E-state index contributed by atoms with van der Waals surface area (Å²) in [7, 11) is 1.41. The third-order valence-electron chi connectivity index (χ3n) is 1.95. The second-order valence-electron chi connectivity index (χ2n) is 3.66. The fraction of sp³-hybridized carbons (Fsp3) is 0.545. The van der Waals surface area contributed by atoms with Crippen molar-refractivity contribution < 1.29 is 9.53 Å². The fourth-order valence-corrected chi connectivity index (χ4v) is 2.09. The highest BCUT2D eigenvalue weighted by Gasteiger charge is 2.06. The number of thiophene rings is 1. The standard InChI is InChI=1S/C11H17NO2S/c1-8(2)12-7-10-5-4-9(15-10)6-11(13)14-3/h4-5,8,12H,6-7H2,1-3H3. The van der Waals surface area contributed by atoms with Crippen LogP contribution in [-0.4, -0.2) is 19.1 Å². The van der Waals surface area contributed by atoms with E-state index in [4.69, 9.17) is 0 Å². The van der Waals surface area contributed by atoms with Crippen molar-refractivity contribution in [2.45, 2.75) is 32.9 Å². The first-order valence-corrected chi connectivity index (χ1v) is 5.81. The summed E-state index contributed by atoms with van der Waals surface area (Å²) in [6.07, 6.45) is 0.378. The van der Waals surface area contributed by atoms with E-state index in [1.807, 2.05) is 6.07 Å². The molecule has 15 heavy (non-hydrogen) atoms. The molecule has 0 bridgehead atoms. The van der Waals surface area contributed by atoms with Crippen molar-refractivity contribution in [1.29, 1.82) is 0 Å². The van der Waals surface area contributed by atoms with Crippen molar-refractivity contribution >= 4 is 17.3 Å². The predicted molar refractivity (Wildman–Crippen MR) is 62.0 cm³/mol. The molecule has 1 aromatic heterocycles. The molecule has 0 saturated carbocycles. The number of hydrogen-bond acceptors (Lipinski definition) is 4. The molecule has 0 atom stereocenters. The Balaban J connectivity index is 2.45. The monoisotopic (exact) mass is 227 g/mol. The number of carbonyl (C=O) groups is 1. The average molecular weight is 227 g/mol. The van der Waals surface area contributed by atoms with Crippen LogP contribution in [0.3, 0.4) is 0 Å². The van der Waals surface area contributed by atoms with Gasteiger partial charge in [0.1, 0.15) is 0 Å². The fourth-order valence-electron chi connectivity index (χ4n) is 1.13. The lowest BCUT2D eigenvalue weighted by molar-refractivity contribution is -0.139. The summed E-state index contributed by atoms with van der Waals surface area (Å²) in [6.45, 7) is 5.09. The van der Waals surface area contributed by atoms with Gasteiger partial charge in [-0.25, -0.2) is 0 Å². The topological polar surface area (TPSA) is 38.3 Å².